The molecule has 0 bridgehead atoms. The van der Waals surface area contributed by atoms with Gasteiger partial charge in [-0.1, -0.05) is 40.2 Å². The lowest BCUT2D eigenvalue weighted by atomic mass is 10.1. The van der Waals surface area contributed by atoms with Crippen LogP contribution in [0.1, 0.15) is 0 Å². The third-order valence-corrected chi connectivity index (χ3v) is 3.94. The monoisotopic (exact) mass is 339 g/mol. The van der Waals surface area contributed by atoms with Crippen LogP contribution in [0.2, 0.25) is 0 Å². The summed E-state index contributed by atoms with van der Waals surface area (Å²) in [5, 5.41) is 12.2. The van der Waals surface area contributed by atoms with E-state index < -0.39 is 0 Å². The van der Waals surface area contributed by atoms with Crippen molar-refractivity contribution in [3.8, 4) is 17.2 Å². The summed E-state index contributed by atoms with van der Waals surface area (Å²) in [7, 11) is 0. The number of oxazole rings is 1. The van der Waals surface area contributed by atoms with Crippen LogP contribution in [0.25, 0.3) is 33.3 Å². The maximum atomic E-state index is 9.98. The Morgan fingerprint density at radius 3 is 2.52 bits per heavy atom. The van der Waals surface area contributed by atoms with Gasteiger partial charge in [0.05, 0.1) is 5.56 Å². The normalized spacial score (nSPS) is 11.3. The third kappa shape index (κ3) is 2.08. The lowest BCUT2D eigenvalue weighted by molar-refractivity contribution is 0.474. The van der Waals surface area contributed by atoms with Crippen molar-refractivity contribution < 1.29 is 9.52 Å². The summed E-state index contributed by atoms with van der Waals surface area (Å²) in [5.41, 5.74) is 2.07. The van der Waals surface area contributed by atoms with Gasteiger partial charge in [0.2, 0.25) is 5.89 Å². The lowest BCUT2D eigenvalue weighted by Crippen LogP contribution is -1.79. The number of phenolic OH excluding ortho intramolecular Hbond substituents is 1. The summed E-state index contributed by atoms with van der Waals surface area (Å²) in [6, 6.07) is 17.2. The van der Waals surface area contributed by atoms with Crippen molar-refractivity contribution in [2.24, 2.45) is 0 Å². The molecule has 4 heteroatoms. The highest BCUT2D eigenvalue weighted by atomic mass is 79.9. The third-order valence-electron chi connectivity index (χ3n) is 3.44. The minimum absolute atomic E-state index is 0.148. The Balaban J connectivity index is 1.98. The van der Waals surface area contributed by atoms with E-state index in [0.717, 1.165) is 20.8 Å². The molecule has 0 unspecified atom stereocenters. The maximum Gasteiger partial charge on any atom is 0.231 e. The van der Waals surface area contributed by atoms with Gasteiger partial charge in [-0.2, -0.15) is 0 Å². The molecule has 1 aromatic heterocycles. The van der Waals surface area contributed by atoms with Gasteiger partial charge in [0, 0.05) is 4.47 Å². The Morgan fingerprint density at radius 2 is 1.71 bits per heavy atom. The number of halogens is 1. The second-order valence-electron chi connectivity index (χ2n) is 4.85. The van der Waals surface area contributed by atoms with E-state index >= 15 is 0 Å². The second-order valence-corrected chi connectivity index (χ2v) is 5.76. The zero-order valence-electron chi connectivity index (χ0n) is 10.9. The molecule has 102 valence electrons. The minimum Gasteiger partial charge on any atom is -0.507 e. The van der Waals surface area contributed by atoms with Crippen LogP contribution < -0.4 is 0 Å². The molecule has 0 spiro atoms. The zero-order chi connectivity index (χ0) is 14.4. The molecule has 0 radical (unpaired) electrons. The fourth-order valence-corrected chi connectivity index (χ4v) is 2.77. The van der Waals surface area contributed by atoms with Crippen molar-refractivity contribution in [3.63, 3.8) is 0 Å². The number of phenols is 1. The van der Waals surface area contributed by atoms with Crippen LogP contribution in [-0.2, 0) is 0 Å². The molecule has 1 N–H and O–H groups in total. The average Bonchev–Trinajstić information content (AvgIpc) is 2.89. The van der Waals surface area contributed by atoms with E-state index in [1.165, 1.54) is 0 Å². The summed E-state index contributed by atoms with van der Waals surface area (Å²) < 4.78 is 6.67. The van der Waals surface area contributed by atoms with E-state index in [9.17, 15) is 5.11 Å². The summed E-state index contributed by atoms with van der Waals surface area (Å²) in [5.74, 6) is 0.563. The molecular formula is C17H10BrNO2. The van der Waals surface area contributed by atoms with Crippen LogP contribution in [0.5, 0.6) is 5.75 Å². The molecule has 0 aliphatic heterocycles. The van der Waals surface area contributed by atoms with Crippen molar-refractivity contribution in [1.29, 1.82) is 0 Å². The van der Waals surface area contributed by atoms with Crippen LogP contribution in [-0.4, -0.2) is 10.1 Å². The number of benzene rings is 3. The number of fused-ring (bicyclic) bond motifs is 2. The van der Waals surface area contributed by atoms with Crippen molar-refractivity contribution in [2.75, 3.05) is 0 Å². The Kier molecular flexibility index (Phi) is 2.72. The van der Waals surface area contributed by atoms with Crippen LogP contribution in [0.3, 0.4) is 0 Å². The Hall–Kier alpha value is -2.33. The molecule has 0 fully saturated rings. The van der Waals surface area contributed by atoms with Crippen LogP contribution in [0, 0.1) is 0 Å². The summed E-state index contributed by atoms with van der Waals surface area (Å²) in [6.07, 6.45) is 0. The number of aromatic hydroxyl groups is 1. The summed E-state index contributed by atoms with van der Waals surface area (Å²) in [4.78, 5) is 4.49. The smallest absolute Gasteiger partial charge is 0.231 e. The molecule has 3 aromatic carbocycles. The standard InChI is InChI=1S/C17H10BrNO2/c18-12-5-6-15(20)13(9-12)17-19-14-7-10-3-1-2-4-11(10)8-16(14)21-17/h1-9,20H. The SMILES string of the molecule is Oc1ccc(Br)cc1-c1nc2cc3ccccc3cc2o1. The minimum atomic E-state index is 0.148. The van der Waals surface area contributed by atoms with Crippen LogP contribution >= 0.6 is 15.9 Å². The first-order chi connectivity index (χ1) is 10.2. The molecule has 1 heterocycles. The first-order valence-electron chi connectivity index (χ1n) is 6.49. The van der Waals surface area contributed by atoms with Gasteiger partial charge < -0.3 is 9.52 Å². The molecule has 0 saturated carbocycles. The predicted molar refractivity (Wildman–Crippen MR) is 86.3 cm³/mol. The highest BCUT2D eigenvalue weighted by Gasteiger charge is 2.13. The van der Waals surface area contributed by atoms with Gasteiger partial charge in [0.1, 0.15) is 11.3 Å². The Labute approximate surface area is 129 Å². The van der Waals surface area contributed by atoms with E-state index in [0.29, 0.717) is 17.0 Å². The Morgan fingerprint density at radius 1 is 0.952 bits per heavy atom. The van der Waals surface area contributed by atoms with Crippen molar-refractivity contribution in [3.05, 3.63) is 59.1 Å². The topological polar surface area (TPSA) is 46.3 Å². The average molecular weight is 340 g/mol. The van der Waals surface area contributed by atoms with E-state index in [4.69, 9.17) is 4.42 Å². The lowest BCUT2D eigenvalue weighted by Gasteiger charge is -1.99. The Bertz CT molecular complexity index is 923. The molecule has 4 rings (SSSR count). The fraction of sp³-hybridized carbons (Fsp3) is 0. The molecule has 0 amide bonds. The van der Waals surface area contributed by atoms with Gasteiger partial charge in [-0.3, -0.25) is 0 Å². The number of nitrogens with zero attached hydrogens (tertiary/aromatic N) is 1. The molecule has 21 heavy (non-hydrogen) atoms. The number of rotatable bonds is 1. The first kappa shape index (κ1) is 12.4. The molecule has 0 aliphatic rings. The molecule has 0 aliphatic carbocycles. The van der Waals surface area contributed by atoms with Gasteiger partial charge in [-0.15, -0.1) is 0 Å². The van der Waals surface area contributed by atoms with E-state index in [1.54, 1.807) is 18.2 Å². The zero-order valence-corrected chi connectivity index (χ0v) is 12.5. The van der Waals surface area contributed by atoms with Gasteiger partial charge >= 0.3 is 0 Å². The van der Waals surface area contributed by atoms with Gasteiger partial charge in [-0.25, -0.2) is 4.98 Å². The van der Waals surface area contributed by atoms with Crippen molar-refractivity contribution >= 4 is 37.8 Å². The molecule has 0 atom stereocenters. The van der Waals surface area contributed by atoms with Crippen LogP contribution in [0.4, 0.5) is 0 Å². The van der Waals surface area contributed by atoms with Crippen LogP contribution in [0.15, 0.2) is 63.5 Å². The highest BCUT2D eigenvalue weighted by molar-refractivity contribution is 9.10. The van der Waals surface area contributed by atoms with E-state index in [2.05, 4.69) is 20.9 Å². The summed E-state index contributed by atoms with van der Waals surface area (Å²) >= 11 is 3.39. The fourth-order valence-electron chi connectivity index (χ4n) is 2.41. The quantitative estimate of drug-likeness (QED) is 0.523. The predicted octanol–water partition coefficient (Wildman–Crippen LogP) is 5.12. The van der Waals surface area contributed by atoms with Crippen molar-refractivity contribution in [1.82, 2.24) is 4.98 Å². The number of hydrogen-bond acceptors (Lipinski definition) is 3. The van der Waals surface area contributed by atoms with E-state index in [1.807, 2.05) is 36.4 Å². The largest absolute Gasteiger partial charge is 0.507 e. The van der Waals surface area contributed by atoms with Crippen molar-refractivity contribution in [2.45, 2.75) is 0 Å². The first-order valence-corrected chi connectivity index (χ1v) is 7.28. The molecular weight excluding hydrogens is 330 g/mol. The number of aromatic nitrogens is 1. The van der Waals surface area contributed by atoms with Gasteiger partial charge in [0.15, 0.2) is 5.58 Å². The number of hydrogen-bond donors (Lipinski definition) is 1. The molecule has 4 aromatic rings. The highest BCUT2D eigenvalue weighted by Crippen LogP contribution is 2.34. The molecule has 3 nitrogen and oxygen atoms in total. The molecule has 0 saturated heterocycles. The maximum absolute atomic E-state index is 9.98. The van der Waals surface area contributed by atoms with E-state index in [-0.39, 0.29) is 5.75 Å². The second kappa shape index (κ2) is 4.60. The van der Waals surface area contributed by atoms with Gasteiger partial charge in [0.25, 0.3) is 0 Å². The summed E-state index contributed by atoms with van der Waals surface area (Å²) in [6.45, 7) is 0. The van der Waals surface area contributed by atoms with Gasteiger partial charge in [-0.05, 0) is 41.1 Å².